The summed E-state index contributed by atoms with van der Waals surface area (Å²) < 4.78 is 34.7. The van der Waals surface area contributed by atoms with Crippen LogP contribution in [0.2, 0.25) is 5.02 Å². The molecule has 0 saturated carbocycles. The summed E-state index contributed by atoms with van der Waals surface area (Å²) in [5.74, 6) is 0.212. The van der Waals surface area contributed by atoms with E-state index < -0.39 is 11.6 Å². The molecule has 204 valence electrons. The summed E-state index contributed by atoms with van der Waals surface area (Å²) in [4.78, 5) is 19.0. The van der Waals surface area contributed by atoms with E-state index in [1.54, 1.807) is 44.4 Å². The van der Waals surface area contributed by atoms with Crippen molar-refractivity contribution in [1.82, 2.24) is 9.55 Å². The van der Waals surface area contributed by atoms with Crippen molar-refractivity contribution in [1.29, 1.82) is 0 Å². The molecule has 3 heterocycles. The van der Waals surface area contributed by atoms with E-state index in [-0.39, 0.29) is 11.3 Å². The molecule has 2 aromatic heterocycles. The summed E-state index contributed by atoms with van der Waals surface area (Å²) in [5.41, 5.74) is 3.55. The highest BCUT2D eigenvalue weighted by atomic mass is 35.5. The average Bonchev–Trinajstić information content (AvgIpc) is 3.62. The number of halogens is 2. The zero-order valence-electron chi connectivity index (χ0n) is 22.2. The first kappa shape index (κ1) is 26.5. The molecule has 9 heteroatoms. The minimum atomic E-state index is -1.32. The highest BCUT2D eigenvalue weighted by molar-refractivity contribution is 7.15. The van der Waals surface area contributed by atoms with E-state index in [4.69, 9.17) is 30.8 Å². The maximum Gasteiger partial charge on any atom is 0.278 e. The Morgan fingerprint density at radius 1 is 1.12 bits per heavy atom. The number of thiophene rings is 1. The number of hydrogen-bond acceptors (Lipinski definition) is 6. The third kappa shape index (κ3) is 4.76. The molecular weight excluding hydrogens is 551 g/mol. The van der Waals surface area contributed by atoms with Crippen LogP contribution >= 0.6 is 22.9 Å². The van der Waals surface area contributed by atoms with Gasteiger partial charge in [0.05, 0.1) is 23.2 Å². The molecule has 0 spiro atoms. The summed E-state index contributed by atoms with van der Waals surface area (Å²) in [7, 11) is 1.67. The lowest BCUT2D eigenvalue weighted by Gasteiger charge is -2.24. The van der Waals surface area contributed by atoms with Crippen LogP contribution in [-0.4, -0.2) is 29.1 Å². The Morgan fingerprint density at radius 3 is 2.75 bits per heavy atom. The Morgan fingerprint density at radius 2 is 1.98 bits per heavy atom. The molecule has 0 saturated heterocycles. The van der Waals surface area contributed by atoms with Gasteiger partial charge in [0.25, 0.3) is 5.79 Å². The molecule has 0 N–H and O–H groups in total. The number of imidazole rings is 1. The molecule has 1 atom stereocenters. The Hall–Kier alpha value is -3.72. The SMILES string of the molecule is COCCn1c(Cc2ccc(-c3cccc4c3OC(C)(c3ccc(Cl)cc3F)O4)s2)nc2ccc(C(C)=O)cc21. The number of aromatic nitrogens is 2. The van der Waals surface area contributed by atoms with Gasteiger partial charge in [-0.2, -0.15) is 0 Å². The Kier molecular flexibility index (Phi) is 6.86. The second-order valence-electron chi connectivity index (χ2n) is 9.78. The number of ketones is 1. The highest BCUT2D eigenvalue weighted by Crippen LogP contribution is 2.50. The number of rotatable bonds is 8. The van der Waals surface area contributed by atoms with E-state index in [9.17, 15) is 9.18 Å². The second kappa shape index (κ2) is 10.4. The van der Waals surface area contributed by atoms with Gasteiger partial charge in [-0.1, -0.05) is 17.7 Å². The van der Waals surface area contributed by atoms with Crippen LogP contribution in [0.5, 0.6) is 11.5 Å². The summed E-state index contributed by atoms with van der Waals surface area (Å²) in [6.45, 7) is 4.41. The molecule has 0 aliphatic carbocycles. The minimum absolute atomic E-state index is 0.0160. The molecule has 0 radical (unpaired) electrons. The molecule has 3 aromatic carbocycles. The first-order chi connectivity index (χ1) is 19.3. The number of Topliss-reactive ketones (excluding diaryl/α,β-unsaturated/α-hetero) is 1. The molecule has 6 nitrogen and oxygen atoms in total. The smallest absolute Gasteiger partial charge is 0.278 e. The number of carbonyl (C=O) groups is 1. The van der Waals surface area contributed by atoms with Gasteiger partial charge < -0.3 is 18.8 Å². The van der Waals surface area contributed by atoms with Gasteiger partial charge in [-0.05, 0) is 67.6 Å². The van der Waals surface area contributed by atoms with E-state index in [1.165, 1.54) is 6.07 Å². The second-order valence-corrected chi connectivity index (χ2v) is 11.4. The number of para-hydroxylation sites is 1. The lowest BCUT2D eigenvalue weighted by molar-refractivity contribution is -0.0705. The minimum Gasteiger partial charge on any atom is -0.444 e. The van der Waals surface area contributed by atoms with Gasteiger partial charge >= 0.3 is 0 Å². The molecule has 0 fully saturated rings. The third-order valence-electron chi connectivity index (χ3n) is 7.01. The molecule has 5 aromatic rings. The number of fused-ring (bicyclic) bond motifs is 2. The molecule has 0 bridgehead atoms. The van der Waals surface area contributed by atoms with Crippen LogP contribution in [0, 0.1) is 5.82 Å². The Balaban J connectivity index is 1.31. The van der Waals surface area contributed by atoms with Crippen LogP contribution in [0.15, 0.2) is 66.7 Å². The predicted molar refractivity (Wildman–Crippen MR) is 154 cm³/mol. The van der Waals surface area contributed by atoms with Gasteiger partial charge in [-0.3, -0.25) is 4.79 Å². The van der Waals surface area contributed by atoms with Gasteiger partial charge in [0.15, 0.2) is 17.3 Å². The lowest BCUT2D eigenvalue weighted by Crippen LogP contribution is -2.32. The first-order valence-corrected chi connectivity index (χ1v) is 14.0. The molecule has 6 rings (SSSR count). The van der Waals surface area contributed by atoms with Gasteiger partial charge in [-0.15, -0.1) is 11.3 Å². The Labute approximate surface area is 239 Å². The number of nitrogens with zero attached hydrogens (tertiary/aromatic N) is 2. The van der Waals surface area contributed by atoms with Crippen LogP contribution in [-0.2, 0) is 23.5 Å². The van der Waals surface area contributed by atoms with Gasteiger partial charge in [0.2, 0.25) is 0 Å². The van der Waals surface area contributed by atoms with E-state index in [1.807, 2.05) is 42.5 Å². The first-order valence-electron chi connectivity index (χ1n) is 12.8. The molecule has 0 amide bonds. The topological polar surface area (TPSA) is 62.6 Å². The molecular formula is C31H26ClFN2O4S. The van der Waals surface area contributed by atoms with Crippen molar-refractivity contribution in [3.05, 3.63) is 99.4 Å². The number of ether oxygens (including phenoxy) is 3. The fourth-order valence-electron chi connectivity index (χ4n) is 5.02. The van der Waals surface area contributed by atoms with E-state index >= 15 is 0 Å². The van der Waals surface area contributed by atoms with Crippen molar-refractivity contribution in [3.8, 4) is 21.9 Å². The standard InChI is InChI=1S/C31H26ClFN2O4S/c1-18(36)19-7-11-25-26(15-19)35(13-14-37-3)29(34-25)17-21-9-12-28(40-21)22-5-4-6-27-30(22)39-31(2,38-27)23-10-8-20(32)16-24(23)33/h4-12,15-16H,13-14,17H2,1-3H3. The molecule has 1 unspecified atom stereocenters. The molecule has 40 heavy (non-hydrogen) atoms. The number of hydrogen-bond donors (Lipinski definition) is 0. The molecule has 1 aliphatic rings. The van der Waals surface area contributed by atoms with Crippen molar-refractivity contribution in [2.45, 2.75) is 32.6 Å². The van der Waals surface area contributed by atoms with E-state index in [0.29, 0.717) is 41.7 Å². The summed E-state index contributed by atoms with van der Waals surface area (Å²) in [5, 5.41) is 0.308. The van der Waals surface area contributed by atoms with Gasteiger partial charge in [0, 0.05) is 52.9 Å². The molecule has 1 aliphatic heterocycles. The van der Waals surface area contributed by atoms with Crippen molar-refractivity contribution < 1.29 is 23.4 Å². The fraction of sp³-hybridized carbons (Fsp3) is 0.226. The average molecular weight is 577 g/mol. The number of methoxy groups -OCH3 is 1. The lowest BCUT2D eigenvalue weighted by atomic mass is 10.1. The zero-order valence-corrected chi connectivity index (χ0v) is 23.7. The number of carbonyl (C=O) groups excluding carboxylic acids is 1. The van der Waals surface area contributed by atoms with Crippen LogP contribution < -0.4 is 9.47 Å². The van der Waals surface area contributed by atoms with Crippen molar-refractivity contribution in [2.24, 2.45) is 0 Å². The summed E-state index contributed by atoms with van der Waals surface area (Å²) in [6.07, 6.45) is 0.610. The zero-order chi connectivity index (χ0) is 28.0. The van der Waals surface area contributed by atoms with Crippen molar-refractivity contribution >= 4 is 39.8 Å². The predicted octanol–water partition coefficient (Wildman–Crippen LogP) is 7.64. The van der Waals surface area contributed by atoms with Crippen molar-refractivity contribution in [3.63, 3.8) is 0 Å². The maximum atomic E-state index is 14.8. The van der Waals surface area contributed by atoms with Crippen LogP contribution in [0.25, 0.3) is 21.5 Å². The normalized spacial score (nSPS) is 16.1. The maximum absolute atomic E-state index is 14.8. The van der Waals surface area contributed by atoms with Crippen LogP contribution in [0.3, 0.4) is 0 Å². The van der Waals surface area contributed by atoms with Crippen LogP contribution in [0.1, 0.15) is 40.5 Å². The van der Waals surface area contributed by atoms with Crippen LogP contribution in [0.4, 0.5) is 4.39 Å². The number of benzene rings is 3. The monoisotopic (exact) mass is 576 g/mol. The summed E-state index contributed by atoms with van der Waals surface area (Å²) in [6, 6.07) is 19.9. The third-order valence-corrected chi connectivity index (χ3v) is 8.37. The Bertz CT molecular complexity index is 1760. The fourth-order valence-corrected chi connectivity index (χ4v) is 6.21. The van der Waals surface area contributed by atoms with E-state index in [2.05, 4.69) is 10.6 Å². The van der Waals surface area contributed by atoms with E-state index in [0.717, 1.165) is 32.2 Å². The van der Waals surface area contributed by atoms with Gasteiger partial charge in [0.1, 0.15) is 11.6 Å². The van der Waals surface area contributed by atoms with Crippen molar-refractivity contribution in [2.75, 3.05) is 13.7 Å². The summed E-state index contributed by atoms with van der Waals surface area (Å²) >= 11 is 7.59. The van der Waals surface area contributed by atoms with Gasteiger partial charge in [-0.25, -0.2) is 9.37 Å². The largest absolute Gasteiger partial charge is 0.444 e. The highest BCUT2D eigenvalue weighted by Gasteiger charge is 2.42. The quantitative estimate of drug-likeness (QED) is 0.178.